The number of nitrogens with zero attached hydrogens (tertiary/aromatic N) is 1. The summed E-state index contributed by atoms with van der Waals surface area (Å²) in [7, 11) is -4.63. The Bertz CT molecular complexity index is 1460. The van der Waals surface area contributed by atoms with Gasteiger partial charge in [-0.15, -0.1) is 0 Å². The number of halogens is 8. The van der Waals surface area contributed by atoms with Gasteiger partial charge in [-0.25, -0.2) is 17.2 Å². The first-order valence-electron chi connectivity index (χ1n) is 12.9. The minimum absolute atomic E-state index is 0.0573. The summed E-state index contributed by atoms with van der Waals surface area (Å²) in [6.45, 7) is 0.535. The molecule has 2 aliphatic heterocycles. The van der Waals surface area contributed by atoms with E-state index in [4.69, 9.17) is 4.74 Å². The highest BCUT2D eigenvalue weighted by molar-refractivity contribution is 7.92. The number of rotatable bonds is 6. The van der Waals surface area contributed by atoms with E-state index in [-0.39, 0.29) is 56.7 Å². The number of sulfone groups is 1. The van der Waals surface area contributed by atoms with Gasteiger partial charge in [-0.05, 0) is 36.2 Å². The lowest BCUT2D eigenvalue weighted by Crippen LogP contribution is -2.61. The van der Waals surface area contributed by atoms with Crippen LogP contribution in [0.5, 0.6) is 0 Å². The monoisotopic (exact) mass is 642 g/mol. The Labute approximate surface area is 241 Å². The molecule has 2 saturated heterocycles. The van der Waals surface area contributed by atoms with Crippen molar-refractivity contribution in [1.82, 2.24) is 10.2 Å². The smallest absolute Gasteiger partial charge is 0.381 e. The van der Waals surface area contributed by atoms with Crippen molar-refractivity contribution in [3.8, 4) is 0 Å². The summed E-state index contributed by atoms with van der Waals surface area (Å²) >= 11 is 0. The molecular weight excluding hydrogens is 616 g/mol. The molecule has 0 unspecified atom stereocenters. The molecule has 2 heterocycles. The molecule has 0 aliphatic carbocycles. The van der Waals surface area contributed by atoms with Gasteiger partial charge in [0.25, 0.3) is 0 Å². The maximum Gasteiger partial charge on any atom is 0.435 e. The minimum Gasteiger partial charge on any atom is -0.381 e. The van der Waals surface area contributed by atoms with Crippen LogP contribution >= 0.6 is 0 Å². The lowest BCUT2D eigenvalue weighted by molar-refractivity contribution is -0.348. The van der Waals surface area contributed by atoms with E-state index < -0.39 is 72.8 Å². The number of ether oxygens (including phenoxy) is 1. The second-order valence-corrected chi connectivity index (χ2v) is 12.8. The zero-order valence-corrected chi connectivity index (χ0v) is 23.3. The van der Waals surface area contributed by atoms with Crippen LogP contribution in [-0.4, -0.2) is 69.3 Å². The number of benzene rings is 2. The predicted octanol–water partition coefficient (Wildman–Crippen LogP) is 4.70. The van der Waals surface area contributed by atoms with Crippen molar-refractivity contribution in [3.63, 3.8) is 0 Å². The lowest BCUT2D eigenvalue weighted by atomic mass is 9.88. The number of carbonyl (C=O) groups is 2. The van der Waals surface area contributed by atoms with Crippen molar-refractivity contribution in [2.24, 2.45) is 0 Å². The summed E-state index contributed by atoms with van der Waals surface area (Å²) in [6, 6.07) is 5.27. The standard InChI is InChI=1S/C27H26F8N2O5S/c1-17(38)36-23(11-14-42-15-12-23)22(39)37-13-10-24(16-37,43(40,41)21-8-6-20(28)7-9-21)18-2-4-19(5-3-18)25(29,26(30,31)32)27(33,34)35/h2-9H,10-16H2,1H3,(H,36,38)/t24-/m0/s1. The van der Waals surface area contributed by atoms with Crippen LogP contribution in [0.4, 0.5) is 35.1 Å². The number of hydrogen-bond acceptors (Lipinski definition) is 5. The Morgan fingerprint density at radius 3 is 1.88 bits per heavy atom. The molecule has 2 aliphatic rings. The van der Waals surface area contributed by atoms with Crippen LogP contribution in [0, 0.1) is 5.82 Å². The molecular formula is C27H26F8N2O5S. The molecule has 0 saturated carbocycles. The molecule has 16 heteroatoms. The highest BCUT2D eigenvalue weighted by Crippen LogP contribution is 2.54. The molecule has 2 amide bonds. The third kappa shape index (κ3) is 5.47. The van der Waals surface area contributed by atoms with Gasteiger partial charge in [0.05, 0.1) is 4.90 Å². The van der Waals surface area contributed by atoms with E-state index >= 15 is 0 Å². The van der Waals surface area contributed by atoms with Crippen LogP contribution in [0.25, 0.3) is 0 Å². The average molecular weight is 643 g/mol. The summed E-state index contributed by atoms with van der Waals surface area (Å²) in [5, 5.41) is 2.61. The molecule has 1 atom stereocenters. The molecule has 2 aromatic rings. The second kappa shape index (κ2) is 11.0. The highest BCUT2D eigenvalue weighted by atomic mass is 32.2. The SMILES string of the molecule is CC(=O)NC1(C(=O)N2CC[C@](c3ccc(C(F)(C(F)(F)F)C(F)(F)F)cc3)(S(=O)(=O)c3ccc(F)cc3)C2)CCOCC1. The Balaban J connectivity index is 1.83. The van der Waals surface area contributed by atoms with E-state index in [0.29, 0.717) is 12.1 Å². The van der Waals surface area contributed by atoms with Crippen LogP contribution in [0.15, 0.2) is 53.4 Å². The highest BCUT2D eigenvalue weighted by Gasteiger charge is 2.73. The Kier molecular flexibility index (Phi) is 8.37. The maximum atomic E-state index is 14.7. The summed E-state index contributed by atoms with van der Waals surface area (Å²) in [4.78, 5) is 26.5. The summed E-state index contributed by atoms with van der Waals surface area (Å²) < 4.78 is 140. The molecule has 43 heavy (non-hydrogen) atoms. The normalized spacial score (nSPS) is 21.5. The van der Waals surface area contributed by atoms with Crippen molar-refractivity contribution in [2.45, 2.75) is 59.4 Å². The van der Waals surface area contributed by atoms with Crippen LogP contribution in [0.3, 0.4) is 0 Å². The van der Waals surface area contributed by atoms with E-state index in [9.17, 15) is 53.1 Å². The third-order valence-electron chi connectivity index (χ3n) is 7.92. The van der Waals surface area contributed by atoms with Crippen LogP contribution in [-0.2, 0) is 34.6 Å². The van der Waals surface area contributed by atoms with E-state index in [1.54, 1.807) is 0 Å². The van der Waals surface area contributed by atoms with Crippen LogP contribution in [0.1, 0.15) is 37.3 Å². The number of hydrogen-bond donors (Lipinski definition) is 1. The molecule has 4 rings (SSSR count). The zero-order chi connectivity index (χ0) is 32.1. The molecule has 1 N–H and O–H groups in total. The Hall–Kier alpha value is -3.27. The number of alkyl halides is 7. The molecule has 2 aromatic carbocycles. The van der Waals surface area contributed by atoms with Crippen molar-refractivity contribution >= 4 is 21.7 Å². The van der Waals surface area contributed by atoms with E-state index in [1.165, 1.54) is 6.92 Å². The Morgan fingerprint density at radius 2 is 1.40 bits per heavy atom. The molecule has 0 aromatic heterocycles. The number of likely N-dealkylation sites (tertiary alicyclic amines) is 1. The fraction of sp³-hybridized carbons (Fsp3) is 0.481. The van der Waals surface area contributed by atoms with Crippen LogP contribution in [0.2, 0.25) is 0 Å². The van der Waals surface area contributed by atoms with Gasteiger partial charge in [-0.2, -0.15) is 26.3 Å². The predicted molar refractivity (Wildman–Crippen MR) is 134 cm³/mol. The lowest BCUT2D eigenvalue weighted by Gasteiger charge is -2.39. The van der Waals surface area contributed by atoms with Crippen molar-refractivity contribution in [2.75, 3.05) is 26.3 Å². The quantitative estimate of drug-likeness (QED) is 0.365. The third-order valence-corrected chi connectivity index (χ3v) is 10.4. The van der Waals surface area contributed by atoms with E-state index in [2.05, 4.69) is 5.32 Å². The second-order valence-electron chi connectivity index (χ2n) is 10.5. The number of nitrogens with one attached hydrogen (secondary N) is 1. The van der Waals surface area contributed by atoms with E-state index in [1.807, 2.05) is 0 Å². The number of carbonyl (C=O) groups excluding carboxylic acids is 2. The van der Waals surface area contributed by atoms with Gasteiger partial charge in [-0.3, -0.25) is 9.59 Å². The minimum atomic E-state index is -6.39. The average Bonchev–Trinajstić information content (AvgIpc) is 3.39. The fourth-order valence-electron chi connectivity index (χ4n) is 5.65. The van der Waals surface area contributed by atoms with Gasteiger partial charge in [0, 0.05) is 51.6 Å². The van der Waals surface area contributed by atoms with Gasteiger partial charge in [0.2, 0.25) is 11.8 Å². The van der Waals surface area contributed by atoms with Crippen LogP contribution < -0.4 is 5.32 Å². The summed E-state index contributed by atoms with van der Waals surface area (Å²) in [5.74, 6) is -1.98. The van der Waals surface area contributed by atoms with Gasteiger partial charge in [-0.1, -0.05) is 24.3 Å². The first kappa shape index (κ1) is 32.6. The molecule has 0 bridgehead atoms. The largest absolute Gasteiger partial charge is 0.435 e. The van der Waals surface area contributed by atoms with Crippen molar-refractivity contribution < 1.29 is 57.9 Å². The van der Waals surface area contributed by atoms with Gasteiger partial charge >= 0.3 is 18.0 Å². The molecule has 2 fully saturated rings. The van der Waals surface area contributed by atoms with Gasteiger partial charge in [0.1, 0.15) is 16.1 Å². The number of amides is 2. The molecule has 0 radical (unpaired) electrons. The first-order valence-corrected chi connectivity index (χ1v) is 14.4. The zero-order valence-electron chi connectivity index (χ0n) is 22.5. The van der Waals surface area contributed by atoms with Crippen molar-refractivity contribution in [3.05, 3.63) is 65.5 Å². The first-order chi connectivity index (χ1) is 19.8. The molecule has 236 valence electrons. The fourth-order valence-corrected chi connectivity index (χ4v) is 7.73. The van der Waals surface area contributed by atoms with E-state index in [0.717, 1.165) is 29.2 Å². The van der Waals surface area contributed by atoms with Gasteiger partial charge < -0.3 is 15.0 Å². The van der Waals surface area contributed by atoms with Gasteiger partial charge in [0.15, 0.2) is 9.84 Å². The molecule has 0 spiro atoms. The summed E-state index contributed by atoms with van der Waals surface area (Å²) in [6.07, 6.45) is -13.0. The van der Waals surface area contributed by atoms with Crippen molar-refractivity contribution in [1.29, 1.82) is 0 Å². The summed E-state index contributed by atoms with van der Waals surface area (Å²) in [5.41, 5.74) is -9.32. The Morgan fingerprint density at radius 1 is 0.860 bits per heavy atom. The maximum absolute atomic E-state index is 14.7. The molecule has 7 nitrogen and oxygen atoms in total. The topological polar surface area (TPSA) is 92.8 Å².